The molecule has 0 aliphatic carbocycles. The minimum atomic E-state index is -0.894. The Hall–Kier alpha value is -3.15. The fourth-order valence-electron chi connectivity index (χ4n) is 1.70. The zero-order chi connectivity index (χ0) is 15.9. The van der Waals surface area contributed by atoms with Crippen LogP contribution in [0.25, 0.3) is 0 Å². The van der Waals surface area contributed by atoms with Crippen molar-refractivity contribution in [2.45, 2.75) is 6.92 Å². The fraction of sp³-hybridized carbons (Fsp3) is 0.0625. The number of hydrazone groups is 1. The molecule has 0 bridgehead atoms. The van der Waals surface area contributed by atoms with E-state index < -0.39 is 11.8 Å². The summed E-state index contributed by atoms with van der Waals surface area (Å²) >= 11 is 0. The van der Waals surface area contributed by atoms with Crippen molar-refractivity contribution in [3.63, 3.8) is 0 Å². The van der Waals surface area contributed by atoms with E-state index in [2.05, 4.69) is 15.8 Å². The predicted molar refractivity (Wildman–Crippen MR) is 83.7 cm³/mol. The van der Waals surface area contributed by atoms with Gasteiger partial charge in [-0.3, -0.25) is 9.59 Å². The number of carbonyl (C=O) groups is 2. The van der Waals surface area contributed by atoms with Gasteiger partial charge >= 0.3 is 11.8 Å². The highest BCUT2D eigenvalue weighted by atomic mass is 16.3. The van der Waals surface area contributed by atoms with Gasteiger partial charge in [-0.05, 0) is 30.7 Å². The largest absolute Gasteiger partial charge is 0.507 e. The smallest absolute Gasteiger partial charge is 0.329 e. The van der Waals surface area contributed by atoms with Crippen molar-refractivity contribution in [1.29, 1.82) is 0 Å². The Morgan fingerprint density at radius 3 is 2.45 bits per heavy atom. The molecule has 0 heterocycles. The topological polar surface area (TPSA) is 90.8 Å². The number of aromatic hydroxyl groups is 1. The van der Waals surface area contributed by atoms with E-state index in [9.17, 15) is 14.7 Å². The molecule has 2 aromatic carbocycles. The highest BCUT2D eigenvalue weighted by molar-refractivity contribution is 6.39. The van der Waals surface area contributed by atoms with E-state index in [0.717, 1.165) is 5.56 Å². The van der Waals surface area contributed by atoms with Crippen LogP contribution in [0.3, 0.4) is 0 Å². The summed E-state index contributed by atoms with van der Waals surface area (Å²) in [5.41, 5.74) is 3.95. The van der Waals surface area contributed by atoms with Crippen LogP contribution in [0.15, 0.2) is 53.6 Å². The summed E-state index contributed by atoms with van der Waals surface area (Å²) in [6, 6.07) is 13.6. The molecule has 0 radical (unpaired) electrons. The molecule has 0 aromatic heterocycles. The molecule has 2 amide bonds. The molecule has 0 fully saturated rings. The quantitative estimate of drug-likeness (QED) is 0.458. The molecule has 22 heavy (non-hydrogen) atoms. The molecule has 3 N–H and O–H groups in total. The normalized spacial score (nSPS) is 10.4. The predicted octanol–water partition coefficient (Wildman–Crippen LogP) is 1.79. The molecule has 0 saturated heterocycles. The molecule has 0 unspecified atom stereocenters. The molecule has 112 valence electrons. The number of para-hydroxylation sites is 2. The number of aryl methyl sites for hydroxylation is 1. The number of phenols is 1. The van der Waals surface area contributed by atoms with Crippen LogP contribution in [0.5, 0.6) is 5.75 Å². The minimum absolute atomic E-state index is 0.0323. The molecular weight excluding hydrogens is 282 g/mol. The van der Waals surface area contributed by atoms with Crippen LogP contribution in [0.2, 0.25) is 0 Å². The van der Waals surface area contributed by atoms with E-state index in [0.29, 0.717) is 11.3 Å². The third kappa shape index (κ3) is 3.92. The van der Waals surface area contributed by atoms with Crippen LogP contribution in [0.1, 0.15) is 11.1 Å². The molecule has 6 heteroatoms. The lowest BCUT2D eigenvalue weighted by Crippen LogP contribution is -2.32. The maximum atomic E-state index is 11.7. The number of nitrogens with one attached hydrogen (secondary N) is 2. The molecule has 0 atom stereocenters. The average Bonchev–Trinajstić information content (AvgIpc) is 2.51. The third-order valence-electron chi connectivity index (χ3n) is 2.91. The number of rotatable bonds is 3. The van der Waals surface area contributed by atoms with Crippen LogP contribution < -0.4 is 10.7 Å². The second kappa shape index (κ2) is 7.03. The summed E-state index contributed by atoms with van der Waals surface area (Å²) in [7, 11) is 0. The summed E-state index contributed by atoms with van der Waals surface area (Å²) < 4.78 is 0. The lowest BCUT2D eigenvalue weighted by atomic mass is 10.2. The molecule has 6 nitrogen and oxygen atoms in total. The van der Waals surface area contributed by atoms with Crippen molar-refractivity contribution in [2.75, 3.05) is 5.32 Å². The highest BCUT2D eigenvalue weighted by Crippen LogP contribution is 2.13. The highest BCUT2D eigenvalue weighted by Gasteiger charge is 2.13. The van der Waals surface area contributed by atoms with Crippen molar-refractivity contribution < 1.29 is 14.7 Å². The van der Waals surface area contributed by atoms with Crippen LogP contribution in [-0.4, -0.2) is 23.1 Å². The van der Waals surface area contributed by atoms with Crippen molar-refractivity contribution in [3.05, 3.63) is 59.7 Å². The van der Waals surface area contributed by atoms with Crippen LogP contribution in [0, 0.1) is 6.92 Å². The SMILES string of the molecule is Cc1ccccc1NC(=O)C(=O)N/N=C/c1ccccc1O. The van der Waals surface area contributed by atoms with Gasteiger partial charge in [0.2, 0.25) is 0 Å². The van der Waals surface area contributed by atoms with Crippen molar-refractivity contribution in [1.82, 2.24) is 5.43 Å². The lowest BCUT2D eigenvalue weighted by Gasteiger charge is -2.06. The van der Waals surface area contributed by atoms with Crippen LogP contribution in [0.4, 0.5) is 5.69 Å². The number of hydrogen-bond acceptors (Lipinski definition) is 4. The number of hydrogen-bond donors (Lipinski definition) is 3. The molecule has 0 aliphatic rings. The Kier molecular flexibility index (Phi) is 4.87. The van der Waals surface area contributed by atoms with Gasteiger partial charge in [-0.2, -0.15) is 5.10 Å². The summed E-state index contributed by atoms with van der Waals surface area (Å²) in [6.07, 6.45) is 1.26. The van der Waals surface area contributed by atoms with Gasteiger partial charge < -0.3 is 10.4 Å². The van der Waals surface area contributed by atoms with Gasteiger partial charge in [-0.25, -0.2) is 5.43 Å². The first-order valence-corrected chi connectivity index (χ1v) is 6.56. The van der Waals surface area contributed by atoms with Crippen molar-refractivity contribution >= 4 is 23.7 Å². The van der Waals surface area contributed by atoms with E-state index in [1.54, 1.807) is 30.3 Å². The van der Waals surface area contributed by atoms with Gasteiger partial charge in [-0.1, -0.05) is 30.3 Å². The number of carbonyl (C=O) groups excluding carboxylic acids is 2. The van der Waals surface area contributed by atoms with Gasteiger partial charge in [0, 0.05) is 11.3 Å². The monoisotopic (exact) mass is 297 g/mol. The molecule has 0 aliphatic heterocycles. The molecule has 2 aromatic rings. The maximum Gasteiger partial charge on any atom is 0.329 e. The number of anilines is 1. The van der Waals surface area contributed by atoms with Gasteiger partial charge in [0.25, 0.3) is 0 Å². The minimum Gasteiger partial charge on any atom is -0.507 e. The summed E-state index contributed by atoms with van der Waals surface area (Å²) in [5.74, 6) is -1.68. The third-order valence-corrected chi connectivity index (χ3v) is 2.91. The number of phenolic OH excluding ortho intramolecular Hbond substituents is 1. The number of benzene rings is 2. The summed E-state index contributed by atoms with van der Waals surface area (Å²) in [4.78, 5) is 23.4. The van der Waals surface area contributed by atoms with Gasteiger partial charge in [0.05, 0.1) is 6.21 Å². The first-order valence-electron chi connectivity index (χ1n) is 6.56. The first kappa shape index (κ1) is 15.2. The Balaban J connectivity index is 1.94. The van der Waals surface area contributed by atoms with Gasteiger partial charge in [0.15, 0.2) is 0 Å². The van der Waals surface area contributed by atoms with Gasteiger partial charge in [0.1, 0.15) is 5.75 Å². The first-order chi connectivity index (χ1) is 10.6. The van der Waals surface area contributed by atoms with Crippen molar-refractivity contribution in [2.24, 2.45) is 5.10 Å². The molecule has 2 rings (SSSR count). The Morgan fingerprint density at radius 1 is 1.05 bits per heavy atom. The van der Waals surface area contributed by atoms with Crippen LogP contribution in [-0.2, 0) is 9.59 Å². The van der Waals surface area contributed by atoms with E-state index in [-0.39, 0.29) is 5.75 Å². The second-order valence-corrected chi connectivity index (χ2v) is 4.53. The number of nitrogens with zero attached hydrogens (tertiary/aromatic N) is 1. The Morgan fingerprint density at radius 2 is 1.73 bits per heavy atom. The summed E-state index contributed by atoms with van der Waals surface area (Å²) in [5, 5.41) is 15.7. The van der Waals surface area contributed by atoms with Crippen molar-refractivity contribution in [3.8, 4) is 5.75 Å². The zero-order valence-electron chi connectivity index (χ0n) is 11.9. The molecule has 0 spiro atoms. The Labute approximate surface area is 127 Å². The maximum absolute atomic E-state index is 11.7. The average molecular weight is 297 g/mol. The standard InChI is InChI=1S/C16H15N3O3/c1-11-6-2-4-8-13(11)18-15(21)16(22)19-17-10-12-7-3-5-9-14(12)20/h2-10,20H,1H3,(H,18,21)(H,19,22)/b17-10+. The van der Waals surface area contributed by atoms with E-state index in [1.165, 1.54) is 12.3 Å². The van der Waals surface area contributed by atoms with Gasteiger partial charge in [-0.15, -0.1) is 0 Å². The van der Waals surface area contributed by atoms with E-state index >= 15 is 0 Å². The number of amides is 2. The Bertz CT molecular complexity index is 726. The zero-order valence-corrected chi connectivity index (χ0v) is 11.9. The van der Waals surface area contributed by atoms with Crippen LogP contribution >= 0.6 is 0 Å². The lowest BCUT2D eigenvalue weighted by molar-refractivity contribution is -0.136. The molecule has 0 saturated carbocycles. The fourth-order valence-corrected chi connectivity index (χ4v) is 1.70. The molecular formula is C16H15N3O3. The second-order valence-electron chi connectivity index (χ2n) is 4.53. The summed E-state index contributed by atoms with van der Waals surface area (Å²) in [6.45, 7) is 1.82. The van der Waals surface area contributed by atoms with E-state index in [4.69, 9.17) is 0 Å². The van der Waals surface area contributed by atoms with E-state index in [1.807, 2.05) is 19.1 Å².